The first kappa shape index (κ1) is 36.4. The van der Waals surface area contributed by atoms with E-state index in [0.29, 0.717) is 0 Å². The molecule has 0 bridgehead atoms. The number of hydrogen-bond acceptors (Lipinski definition) is 0. The molecule has 0 amide bonds. The predicted molar refractivity (Wildman–Crippen MR) is 248 cm³/mol. The lowest BCUT2D eigenvalue weighted by atomic mass is 9.81. The van der Waals surface area contributed by atoms with Gasteiger partial charge >= 0.3 is 0 Å². The Hall–Kier alpha value is -6.24. The molecule has 0 spiro atoms. The van der Waals surface area contributed by atoms with Crippen molar-refractivity contribution < 1.29 is 0 Å². The lowest BCUT2D eigenvalue weighted by molar-refractivity contribution is 0.661. The maximum absolute atomic E-state index is 2.43. The monoisotopic (exact) mass is 734 g/mol. The first-order chi connectivity index (χ1) is 27.8. The summed E-state index contributed by atoms with van der Waals surface area (Å²) in [6, 6.07) is 63.6. The highest BCUT2D eigenvalue weighted by atomic mass is 14.4. The smallest absolute Gasteiger partial charge is 0.0159 e. The zero-order valence-corrected chi connectivity index (χ0v) is 34.1. The van der Waals surface area contributed by atoms with Gasteiger partial charge in [-0.05, 0) is 154 Å². The molecule has 0 heterocycles. The van der Waals surface area contributed by atoms with Crippen LogP contribution in [-0.4, -0.2) is 0 Å². The number of benzene rings is 9. The average Bonchev–Trinajstić information content (AvgIpc) is 3.46. The van der Waals surface area contributed by atoms with Crippen molar-refractivity contribution in [3.8, 4) is 55.6 Å². The van der Waals surface area contributed by atoms with E-state index in [1.165, 1.54) is 123 Å². The second-order valence-electron chi connectivity index (χ2n) is 16.4. The van der Waals surface area contributed by atoms with Crippen molar-refractivity contribution in [1.29, 1.82) is 0 Å². The Morgan fingerprint density at radius 1 is 0.351 bits per heavy atom. The highest BCUT2D eigenvalue weighted by Gasteiger charge is 2.35. The molecule has 57 heavy (non-hydrogen) atoms. The third-order valence-corrected chi connectivity index (χ3v) is 12.4. The molecule has 278 valence electrons. The molecule has 0 nitrogen and oxygen atoms in total. The lowest BCUT2D eigenvalue weighted by Crippen LogP contribution is -2.14. The Morgan fingerprint density at radius 2 is 0.825 bits per heavy atom. The van der Waals surface area contributed by atoms with Crippen LogP contribution in [0.25, 0.3) is 88.0 Å². The van der Waals surface area contributed by atoms with Gasteiger partial charge in [0, 0.05) is 5.41 Å². The standard InChI is InChI=1S/C53H40.C4H10/c1-33-14-5-8-19-41(33)46-31-40(25-24-34(46)2)52-44-22-11-9-20-42(44)51(43-21-10-12-23-45(43)52)39-18-13-17-35(28-39)38-26-27-49-47(30-38)48-29-36-15-6-7-16-37(36)32-50(48)53(49,3)4;1-3-4-2/h5-32H,1-4H3;3-4H2,1-2H3. The van der Waals surface area contributed by atoms with E-state index < -0.39 is 0 Å². The van der Waals surface area contributed by atoms with Crippen LogP contribution in [0.1, 0.15) is 62.8 Å². The summed E-state index contributed by atoms with van der Waals surface area (Å²) in [4.78, 5) is 0. The van der Waals surface area contributed by atoms with E-state index in [1.807, 2.05) is 0 Å². The van der Waals surface area contributed by atoms with E-state index in [0.717, 1.165) is 0 Å². The Balaban J connectivity index is 0.00000101. The van der Waals surface area contributed by atoms with Crippen LogP contribution in [-0.2, 0) is 5.41 Å². The zero-order chi connectivity index (χ0) is 39.3. The molecule has 0 heteroatoms. The molecule has 0 radical (unpaired) electrons. The third-order valence-electron chi connectivity index (χ3n) is 12.4. The summed E-state index contributed by atoms with van der Waals surface area (Å²) in [7, 11) is 0. The number of hydrogen-bond donors (Lipinski definition) is 0. The minimum Gasteiger partial charge on any atom is -0.0654 e. The van der Waals surface area contributed by atoms with Gasteiger partial charge in [0.05, 0.1) is 0 Å². The number of fused-ring (bicyclic) bond motifs is 6. The third kappa shape index (κ3) is 6.25. The van der Waals surface area contributed by atoms with Gasteiger partial charge in [-0.15, -0.1) is 0 Å². The van der Waals surface area contributed by atoms with Crippen LogP contribution in [0.5, 0.6) is 0 Å². The number of aryl methyl sites for hydroxylation is 2. The summed E-state index contributed by atoms with van der Waals surface area (Å²) in [6.07, 6.45) is 2.64. The summed E-state index contributed by atoms with van der Waals surface area (Å²) in [5, 5.41) is 7.69. The van der Waals surface area contributed by atoms with Crippen LogP contribution >= 0.6 is 0 Å². The van der Waals surface area contributed by atoms with E-state index in [4.69, 9.17) is 0 Å². The normalized spacial score (nSPS) is 12.7. The Bertz CT molecular complexity index is 2910. The molecule has 0 aliphatic heterocycles. The van der Waals surface area contributed by atoms with Gasteiger partial charge in [-0.3, -0.25) is 0 Å². The van der Waals surface area contributed by atoms with Crippen LogP contribution in [0.2, 0.25) is 0 Å². The summed E-state index contributed by atoms with van der Waals surface area (Å²) in [6.45, 7) is 13.5. The molecule has 1 aliphatic carbocycles. The fourth-order valence-corrected chi connectivity index (χ4v) is 9.16. The minimum atomic E-state index is -0.0488. The molecule has 0 unspecified atom stereocenters. The van der Waals surface area contributed by atoms with Crippen LogP contribution in [0, 0.1) is 13.8 Å². The molecular formula is C57H50. The summed E-state index contributed by atoms with van der Waals surface area (Å²) >= 11 is 0. The topological polar surface area (TPSA) is 0 Å². The predicted octanol–water partition coefficient (Wildman–Crippen LogP) is 16.5. The summed E-state index contributed by atoms with van der Waals surface area (Å²) in [5.74, 6) is 0. The van der Waals surface area contributed by atoms with Gasteiger partial charge in [-0.1, -0.05) is 180 Å². The maximum atomic E-state index is 2.43. The second kappa shape index (κ2) is 14.7. The van der Waals surface area contributed by atoms with E-state index in [1.54, 1.807) is 0 Å². The fraction of sp³-hybridized carbons (Fsp3) is 0.158. The van der Waals surface area contributed by atoms with Crippen molar-refractivity contribution in [1.82, 2.24) is 0 Å². The zero-order valence-electron chi connectivity index (χ0n) is 34.1. The van der Waals surface area contributed by atoms with Crippen molar-refractivity contribution in [3.05, 3.63) is 192 Å². The quantitative estimate of drug-likeness (QED) is 0.154. The lowest BCUT2D eigenvalue weighted by Gasteiger charge is -2.22. The molecule has 9 aromatic rings. The minimum absolute atomic E-state index is 0.0488. The van der Waals surface area contributed by atoms with E-state index in [9.17, 15) is 0 Å². The van der Waals surface area contributed by atoms with Gasteiger partial charge in [0.2, 0.25) is 0 Å². The Labute approximate surface area is 338 Å². The molecule has 0 atom stereocenters. The summed E-state index contributed by atoms with van der Waals surface area (Å²) < 4.78 is 0. The van der Waals surface area contributed by atoms with E-state index in [-0.39, 0.29) is 5.41 Å². The van der Waals surface area contributed by atoms with Crippen molar-refractivity contribution in [2.75, 3.05) is 0 Å². The Kier molecular flexibility index (Phi) is 9.38. The molecule has 0 saturated heterocycles. The SMILES string of the molecule is CCCC.Cc1ccccc1-c1cc(-c2c3ccccc3c(-c3cccc(-c4ccc5c(c4)-c4cc6ccccc6cc4C5(C)C)c3)c3ccccc23)ccc1C. The van der Waals surface area contributed by atoms with Crippen molar-refractivity contribution in [2.24, 2.45) is 0 Å². The van der Waals surface area contributed by atoms with Crippen molar-refractivity contribution >= 4 is 32.3 Å². The maximum Gasteiger partial charge on any atom is 0.0159 e. The summed E-state index contributed by atoms with van der Waals surface area (Å²) in [5.41, 5.74) is 18.2. The Morgan fingerprint density at radius 3 is 1.46 bits per heavy atom. The molecule has 9 aromatic carbocycles. The molecule has 0 saturated carbocycles. The van der Waals surface area contributed by atoms with Crippen LogP contribution in [0.4, 0.5) is 0 Å². The van der Waals surface area contributed by atoms with E-state index >= 15 is 0 Å². The average molecular weight is 735 g/mol. The van der Waals surface area contributed by atoms with Crippen molar-refractivity contribution in [3.63, 3.8) is 0 Å². The van der Waals surface area contributed by atoms with Crippen LogP contribution in [0.3, 0.4) is 0 Å². The molecule has 0 N–H and O–H groups in total. The first-order valence-electron chi connectivity index (χ1n) is 20.7. The van der Waals surface area contributed by atoms with Gasteiger partial charge in [0.1, 0.15) is 0 Å². The van der Waals surface area contributed by atoms with Gasteiger partial charge < -0.3 is 0 Å². The number of unbranched alkanes of at least 4 members (excludes halogenated alkanes) is 1. The molecule has 1 aliphatic rings. The largest absolute Gasteiger partial charge is 0.0654 e. The molecule has 0 fully saturated rings. The van der Waals surface area contributed by atoms with Gasteiger partial charge in [-0.25, -0.2) is 0 Å². The molecule has 10 rings (SSSR count). The van der Waals surface area contributed by atoms with Crippen molar-refractivity contribution in [2.45, 2.75) is 59.8 Å². The number of rotatable bonds is 5. The van der Waals surface area contributed by atoms with Crippen LogP contribution in [0.15, 0.2) is 170 Å². The van der Waals surface area contributed by atoms with Crippen LogP contribution < -0.4 is 0 Å². The second-order valence-corrected chi connectivity index (χ2v) is 16.4. The molecule has 0 aromatic heterocycles. The highest BCUT2D eigenvalue weighted by molar-refractivity contribution is 6.21. The van der Waals surface area contributed by atoms with E-state index in [2.05, 4.69) is 211 Å². The molecular weight excluding hydrogens is 685 g/mol. The highest BCUT2D eigenvalue weighted by Crippen LogP contribution is 2.51. The van der Waals surface area contributed by atoms with Gasteiger partial charge in [0.15, 0.2) is 0 Å². The van der Waals surface area contributed by atoms with Gasteiger partial charge in [-0.2, -0.15) is 0 Å². The van der Waals surface area contributed by atoms with Gasteiger partial charge in [0.25, 0.3) is 0 Å². The fourth-order valence-electron chi connectivity index (χ4n) is 9.16. The first-order valence-corrected chi connectivity index (χ1v) is 20.7.